The van der Waals surface area contributed by atoms with Crippen molar-refractivity contribution in [1.82, 2.24) is 5.32 Å². The topological polar surface area (TPSA) is 64.3 Å². The Bertz CT molecular complexity index is 454. The Labute approximate surface area is 113 Å². The predicted octanol–water partition coefficient (Wildman–Crippen LogP) is 1.70. The lowest BCUT2D eigenvalue weighted by molar-refractivity contribution is -0.117. The smallest absolute Gasteiger partial charge is 0.244 e. The number of nitrogens with two attached hydrogens (primary N) is 1. The van der Waals surface area contributed by atoms with Gasteiger partial charge in [0.1, 0.15) is 5.75 Å². The summed E-state index contributed by atoms with van der Waals surface area (Å²) >= 11 is 0. The molecule has 1 saturated carbocycles. The van der Waals surface area contributed by atoms with Crippen LogP contribution in [-0.4, -0.2) is 25.1 Å². The van der Waals surface area contributed by atoms with Crippen molar-refractivity contribution in [2.24, 2.45) is 5.73 Å². The van der Waals surface area contributed by atoms with Crippen LogP contribution in [-0.2, 0) is 4.79 Å². The first kappa shape index (κ1) is 13.6. The zero-order valence-electron chi connectivity index (χ0n) is 11.1. The molecule has 2 rings (SSSR count). The fraction of sp³-hybridized carbons (Fsp3) is 0.400. The summed E-state index contributed by atoms with van der Waals surface area (Å²) in [5.41, 5.74) is 6.88. The Morgan fingerprint density at radius 1 is 1.37 bits per heavy atom. The van der Waals surface area contributed by atoms with E-state index < -0.39 is 0 Å². The highest BCUT2D eigenvalue weighted by Crippen LogP contribution is 2.17. The van der Waals surface area contributed by atoms with Gasteiger partial charge in [0.15, 0.2) is 0 Å². The van der Waals surface area contributed by atoms with Gasteiger partial charge in [-0.15, -0.1) is 0 Å². The number of benzene rings is 1. The summed E-state index contributed by atoms with van der Waals surface area (Å²) in [6.07, 6.45) is 6.40. The Hall–Kier alpha value is -1.81. The van der Waals surface area contributed by atoms with Gasteiger partial charge >= 0.3 is 0 Å². The molecule has 0 aliphatic heterocycles. The van der Waals surface area contributed by atoms with Crippen molar-refractivity contribution in [2.75, 3.05) is 7.11 Å². The van der Waals surface area contributed by atoms with Crippen LogP contribution in [0.25, 0.3) is 6.08 Å². The molecular formula is C15H20N2O2. The molecule has 1 aromatic carbocycles. The third-order valence-corrected chi connectivity index (χ3v) is 3.44. The van der Waals surface area contributed by atoms with Gasteiger partial charge in [-0.1, -0.05) is 12.1 Å². The number of carbonyl (C=O) groups excluding carboxylic acids is 1. The second-order valence-corrected chi connectivity index (χ2v) is 4.82. The summed E-state index contributed by atoms with van der Waals surface area (Å²) in [6, 6.07) is 7.76. The number of carbonyl (C=O) groups is 1. The molecule has 1 aromatic rings. The fourth-order valence-corrected chi connectivity index (χ4v) is 2.29. The zero-order chi connectivity index (χ0) is 13.7. The lowest BCUT2D eigenvalue weighted by atomic mass is 10.1. The summed E-state index contributed by atoms with van der Waals surface area (Å²) in [4.78, 5) is 11.8. The average molecular weight is 260 g/mol. The van der Waals surface area contributed by atoms with Crippen molar-refractivity contribution in [3.8, 4) is 5.75 Å². The van der Waals surface area contributed by atoms with E-state index in [4.69, 9.17) is 10.5 Å². The molecule has 4 heteroatoms. The van der Waals surface area contributed by atoms with Gasteiger partial charge in [-0.2, -0.15) is 0 Å². The quantitative estimate of drug-likeness (QED) is 0.810. The molecule has 0 saturated heterocycles. The summed E-state index contributed by atoms with van der Waals surface area (Å²) in [5.74, 6) is 0.719. The van der Waals surface area contributed by atoms with E-state index in [2.05, 4.69) is 5.32 Å². The molecule has 2 unspecified atom stereocenters. The average Bonchev–Trinajstić information content (AvgIpc) is 2.82. The van der Waals surface area contributed by atoms with E-state index in [0.29, 0.717) is 0 Å². The molecule has 4 nitrogen and oxygen atoms in total. The number of ether oxygens (including phenoxy) is 1. The van der Waals surface area contributed by atoms with Crippen molar-refractivity contribution in [3.05, 3.63) is 35.9 Å². The second-order valence-electron chi connectivity index (χ2n) is 4.82. The Morgan fingerprint density at radius 3 is 2.68 bits per heavy atom. The Morgan fingerprint density at radius 2 is 2.11 bits per heavy atom. The molecule has 0 heterocycles. The lowest BCUT2D eigenvalue weighted by Gasteiger charge is -2.15. The lowest BCUT2D eigenvalue weighted by Crippen LogP contribution is -2.43. The van der Waals surface area contributed by atoms with E-state index in [1.54, 1.807) is 19.3 Å². The van der Waals surface area contributed by atoms with Crippen molar-refractivity contribution in [2.45, 2.75) is 31.3 Å². The van der Waals surface area contributed by atoms with Crippen LogP contribution in [0.4, 0.5) is 0 Å². The van der Waals surface area contributed by atoms with Crippen molar-refractivity contribution >= 4 is 12.0 Å². The maximum atomic E-state index is 11.8. The minimum absolute atomic E-state index is 0.0850. The molecular weight excluding hydrogens is 240 g/mol. The number of amides is 1. The highest BCUT2D eigenvalue weighted by Gasteiger charge is 2.24. The normalized spacial score (nSPS) is 22.6. The van der Waals surface area contributed by atoms with Crippen molar-refractivity contribution in [3.63, 3.8) is 0 Å². The molecule has 0 bridgehead atoms. The van der Waals surface area contributed by atoms with E-state index in [1.807, 2.05) is 24.3 Å². The maximum absolute atomic E-state index is 11.8. The van der Waals surface area contributed by atoms with Crippen LogP contribution in [0.15, 0.2) is 30.3 Å². The molecule has 1 amide bonds. The molecule has 1 aliphatic rings. The first-order valence-electron chi connectivity index (χ1n) is 6.57. The van der Waals surface area contributed by atoms with Gasteiger partial charge in [0.05, 0.1) is 7.11 Å². The van der Waals surface area contributed by atoms with Crippen LogP contribution >= 0.6 is 0 Å². The molecule has 0 spiro atoms. The number of hydrogen-bond acceptors (Lipinski definition) is 3. The van der Waals surface area contributed by atoms with Crippen LogP contribution in [0.5, 0.6) is 5.75 Å². The third-order valence-electron chi connectivity index (χ3n) is 3.44. The first-order chi connectivity index (χ1) is 9.19. The van der Waals surface area contributed by atoms with Gasteiger partial charge in [0, 0.05) is 18.2 Å². The van der Waals surface area contributed by atoms with Gasteiger partial charge < -0.3 is 15.8 Å². The van der Waals surface area contributed by atoms with E-state index in [-0.39, 0.29) is 18.0 Å². The van der Waals surface area contributed by atoms with Crippen LogP contribution in [0.2, 0.25) is 0 Å². The molecule has 2 atom stereocenters. The zero-order valence-corrected chi connectivity index (χ0v) is 11.1. The monoisotopic (exact) mass is 260 g/mol. The second kappa shape index (κ2) is 6.38. The number of rotatable bonds is 4. The maximum Gasteiger partial charge on any atom is 0.244 e. The van der Waals surface area contributed by atoms with Gasteiger partial charge in [-0.3, -0.25) is 4.79 Å². The number of hydrogen-bond donors (Lipinski definition) is 2. The summed E-state index contributed by atoms with van der Waals surface area (Å²) in [5, 5.41) is 2.95. The van der Waals surface area contributed by atoms with Crippen LogP contribution in [0, 0.1) is 0 Å². The van der Waals surface area contributed by atoms with Crippen molar-refractivity contribution in [1.29, 1.82) is 0 Å². The van der Waals surface area contributed by atoms with Crippen LogP contribution in [0.1, 0.15) is 24.8 Å². The SMILES string of the molecule is COc1ccc(C=CC(=O)NC2CCCC2N)cc1. The Kier molecular flexibility index (Phi) is 4.58. The van der Waals surface area contributed by atoms with Gasteiger partial charge in [0.25, 0.3) is 0 Å². The molecule has 0 radical (unpaired) electrons. The minimum atomic E-state index is -0.0850. The standard InChI is InChI=1S/C15H20N2O2/c1-19-12-8-5-11(6-9-12)7-10-15(18)17-14-4-2-3-13(14)16/h5-10,13-14H,2-4,16H2,1H3,(H,17,18). The fourth-order valence-electron chi connectivity index (χ4n) is 2.29. The van der Waals surface area contributed by atoms with E-state index in [0.717, 1.165) is 30.6 Å². The molecule has 19 heavy (non-hydrogen) atoms. The third kappa shape index (κ3) is 3.83. The predicted molar refractivity (Wildman–Crippen MR) is 75.8 cm³/mol. The highest BCUT2D eigenvalue weighted by molar-refractivity contribution is 5.92. The van der Waals surface area contributed by atoms with E-state index >= 15 is 0 Å². The van der Waals surface area contributed by atoms with Crippen molar-refractivity contribution < 1.29 is 9.53 Å². The highest BCUT2D eigenvalue weighted by atomic mass is 16.5. The molecule has 102 valence electrons. The first-order valence-corrected chi connectivity index (χ1v) is 6.57. The van der Waals surface area contributed by atoms with Crippen LogP contribution in [0.3, 0.4) is 0 Å². The summed E-state index contributed by atoms with van der Waals surface area (Å²) in [6.45, 7) is 0. The minimum Gasteiger partial charge on any atom is -0.497 e. The molecule has 1 aliphatic carbocycles. The molecule has 1 fully saturated rings. The summed E-state index contributed by atoms with van der Waals surface area (Å²) < 4.78 is 5.08. The van der Waals surface area contributed by atoms with Crippen LogP contribution < -0.4 is 15.8 Å². The molecule has 3 N–H and O–H groups in total. The summed E-state index contributed by atoms with van der Waals surface area (Å²) in [7, 11) is 1.63. The van der Waals surface area contributed by atoms with Gasteiger partial charge in [-0.25, -0.2) is 0 Å². The van der Waals surface area contributed by atoms with E-state index in [9.17, 15) is 4.79 Å². The number of methoxy groups -OCH3 is 1. The largest absolute Gasteiger partial charge is 0.497 e. The van der Waals surface area contributed by atoms with Gasteiger partial charge in [0.2, 0.25) is 5.91 Å². The number of nitrogens with one attached hydrogen (secondary N) is 1. The van der Waals surface area contributed by atoms with Gasteiger partial charge in [-0.05, 0) is 43.0 Å². The molecule has 0 aromatic heterocycles. The van der Waals surface area contributed by atoms with E-state index in [1.165, 1.54) is 0 Å². The Balaban J connectivity index is 1.88.